The molecule has 30 heavy (non-hydrogen) atoms. The van der Waals surface area contributed by atoms with Gasteiger partial charge in [0.05, 0.1) is 24.0 Å². The number of nitrogens with one attached hydrogen (secondary N) is 2. The summed E-state index contributed by atoms with van der Waals surface area (Å²) in [5.41, 5.74) is 0.699. The van der Waals surface area contributed by atoms with Gasteiger partial charge < -0.3 is 20.5 Å². The lowest BCUT2D eigenvalue weighted by Gasteiger charge is -2.28. The first-order chi connectivity index (χ1) is 14.1. The summed E-state index contributed by atoms with van der Waals surface area (Å²) in [6.45, 7) is 2.01. The molecule has 0 aliphatic carbocycles. The first kappa shape index (κ1) is 23.8. The normalized spacial score (nSPS) is 18.4. The van der Waals surface area contributed by atoms with E-state index in [9.17, 15) is 18.0 Å². The number of aliphatic carboxylic acids is 1. The first-order valence-corrected chi connectivity index (χ1v) is 9.36. The average molecular weight is 494 g/mol. The Morgan fingerprint density at radius 2 is 2.00 bits per heavy atom. The minimum absolute atomic E-state index is 0.242. The molecule has 0 radical (unpaired) electrons. The van der Waals surface area contributed by atoms with Gasteiger partial charge in [0, 0.05) is 18.1 Å². The zero-order valence-corrected chi connectivity index (χ0v) is 17.3. The van der Waals surface area contributed by atoms with Gasteiger partial charge in [-0.3, -0.25) is 4.79 Å². The molecule has 1 fully saturated rings. The fourth-order valence-electron chi connectivity index (χ4n) is 2.66. The van der Waals surface area contributed by atoms with Crippen LogP contribution in [-0.2, 0) is 9.53 Å². The van der Waals surface area contributed by atoms with Crippen molar-refractivity contribution in [2.45, 2.75) is 18.1 Å². The standard InChI is InChI=1S/C15H18BrN5O2.C2HF3O2/c1-23-10-15(6-7-17-9-15)19-14(22)13-8-18-21(20-13)12-4-2-11(16)3-5-12;3-2(4,5)1(6)7/h2-5,8,17H,6-7,9-10H2,1H3,(H,19,22);(H,6,7). The maximum atomic E-state index is 12.5. The zero-order chi connectivity index (χ0) is 22.4. The Bertz CT molecular complexity index is 867. The molecule has 0 saturated carbocycles. The number of hydrogen-bond acceptors (Lipinski definition) is 6. The smallest absolute Gasteiger partial charge is 0.475 e. The van der Waals surface area contributed by atoms with Gasteiger partial charge in [-0.05, 0) is 37.2 Å². The van der Waals surface area contributed by atoms with Crippen LogP contribution in [0, 0.1) is 0 Å². The van der Waals surface area contributed by atoms with E-state index >= 15 is 0 Å². The molecule has 1 aromatic carbocycles. The van der Waals surface area contributed by atoms with Gasteiger partial charge in [-0.2, -0.15) is 23.1 Å². The van der Waals surface area contributed by atoms with E-state index in [1.807, 2.05) is 24.3 Å². The lowest BCUT2D eigenvalue weighted by atomic mass is 9.99. The number of methoxy groups -OCH3 is 1. The van der Waals surface area contributed by atoms with Crippen LogP contribution in [0.25, 0.3) is 5.69 Å². The first-order valence-electron chi connectivity index (χ1n) is 8.57. The molecule has 0 bridgehead atoms. The quantitative estimate of drug-likeness (QED) is 0.580. The van der Waals surface area contributed by atoms with Crippen LogP contribution in [0.2, 0.25) is 0 Å². The van der Waals surface area contributed by atoms with E-state index in [4.69, 9.17) is 14.6 Å². The summed E-state index contributed by atoms with van der Waals surface area (Å²) in [5, 5.41) is 21.8. The number of amides is 1. The third kappa shape index (κ3) is 6.50. The van der Waals surface area contributed by atoms with Crippen molar-refractivity contribution in [1.29, 1.82) is 0 Å². The summed E-state index contributed by atoms with van der Waals surface area (Å²) in [6, 6.07) is 7.55. The molecule has 13 heteroatoms. The van der Waals surface area contributed by atoms with Gasteiger partial charge in [-0.25, -0.2) is 4.79 Å². The molecule has 1 atom stereocenters. The van der Waals surface area contributed by atoms with Crippen molar-refractivity contribution < 1.29 is 32.6 Å². The molecular formula is C17H19BrF3N5O4. The largest absolute Gasteiger partial charge is 0.490 e. The minimum atomic E-state index is -5.08. The van der Waals surface area contributed by atoms with Crippen molar-refractivity contribution in [2.75, 3.05) is 26.8 Å². The molecule has 1 unspecified atom stereocenters. The van der Waals surface area contributed by atoms with Crippen molar-refractivity contribution in [3.63, 3.8) is 0 Å². The van der Waals surface area contributed by atoms with Crippen LogP contribution in [0.15, 0.2) is 34.9 Å². The van der Waals surface area contributed by atoms with E-state index in [2.05, 4.69) is 36.8 Å². The molecule has 0 spiro atoms. The number of benzene rings is 1. The molecule has 2 aromatic rings. The minimum Gasteiger partial charge on any atom is -0.475 e. The second-order valence-electron chi connectivity index (χ2n) is 6.39. The molecule has 1 aromatic heterocycles. The Morgan fingerprint density at radius 1 is 1.37 bits per heavy atom. The Hall–Kier alpha value is -2.51. The molecule has 1 amide bonds. The number of aromatic nitrogens is 3. The summed E-state index contributed by atoms with van der Waals surface area (Å²) in [6.07, 6.45) is -2.78. The lowest BCUT2D eigenvalue weighted by Crippen LogP contribution is -2.53. The number of halogens is 4. The van der Waals surface area contributed by atoms with Crippen LogP contribution in [0.3, 0.4) is 0 Å². The number of ether oxygens (including phenoxy) is 1. The van der Waals surface area contributed by atoms with Crippen LogP contribution in [0.1, 0.15) is 16.9 Å². The fourth-order valence-corrected chi connectivity index (χ4v) is 2.92. The summed E-state index contributed by atoms with van der Waals surface area (Å²) < 4.78 is 38.0. The van der Waals surface area contributed by atoms with Gasteiger partial charge in [0.15, 0.2) is 5.69 Å². The van der Waals surface area contributed by atoms with E-state index in [0.29, 0.717) is 13.2 Å². The summed E-state index contributed by atoms with van der Waals surface area (Å²) in [5.74, 6) is -3.00. The molecule has 3 rings (SSSR count). The van der Waals surface area contributed by atoms with Gasteiger partial charge in [0.2, 0.25) is 0 Å². The van der Waals surface area contributed by atoms with E-state index in [1.54, 1.807) is 7.11 Å². The molecule has 1 aliphatic heterocycles. The predicted molar refractivity (Wildman–Crippen MR) is 102 cm³/mol. The summed E-state index contributed by atoms with van der Waals surface area (Å²) >= 11 is 3.38. The molecule has 1 aliphatic rings. The topological polar surface area (TPSA) is 118 Å². The number of carbonyl (C=O) groups is 2. The second kappa shape index (κ2) is 10.00. The second-order valence-corrected chi connectivity index (χ2v) is 7.31. The van der Waals surface area contributed by atoms with Gasteiger partial charge in [0.25, 0.3) is 5.91 Å². The van der Waals surface area contributed by atoms with E-state index in [-0.39, 0.29) is 17.1 Å². The summed E-state index contributed by atoms with van der Waals surface area (Å²) in [7, 11) is 1.63. The predicted octanol–water partition coefficient (Wildman–Crippen LogP) is 1.77. The highest BCUT2D eigenvalue weighted by Gasteiger charge is 2.38. The third-order valence-corrected chi connectivity index (χ3v) is 4.60. The van der Waals surface area contributed by atoms with Crippen molar-refractivity contribution in [2.24, 2.45) is 0 Å². The van der Waals surface area contributed by atoms with Crippen LogP contribution in [0.4, 0.5) is 13.2 Å². The van der Waals surface area contributed by atoms with Gasteiger partial charge >= 0.3 is 12.1 Å². The number of carboxylic acids is 1. The molecule has 3 N–H and O–H groups in total. The number of alkyl halides is 3. The van der Waals surface area contributed by atoms with Crippen LogP contribution in [-0.4, -0.2) is 70.5 Å². The van der Waals surface area contributed by atoms with Gasteiger partial charge in [-0.15, -0.1) is 5.10 Å². The molecular weight excluding hydrogens is 475 g/mol. The number of carbonyl (C=O) groups excluding carboxylic acids is 1. The average Bonchev–Trinajstić information content (AvgIpc) is 3.32. The van der Waals surface area contributed by atoms with E-state index < -0.39 is 12.1 Å². The highest BCUT2D eigenvalue weighted by molar-refractivity contribution is 9.10. The Kier molecular flexibility index (Phi) is 7.92. The Balaban J connectivity index is 0.000000396. The number of hydrogen-bond donors (Lipinski definition) is 3. The fraction of sp³-hybridized carbons (Fsp3) is 0.412. The van der Waals surface area contributed by atoms with E-state index in [0.717, 1.165) is 23.1 Å². The van der Waals surface area contributed by atoms with Crippen molar-refractivity contribution in [1.82, 2.24) is 25.6 Å². The monoisotopic (exact) mass is 493 g/mol. The van der Waals surface area contributed by atoms with Crippen molar-refractivity contribution in [3.8, 4) is 5.69 Å². The molecule has 9 nitrogen and oxygen atoms in total. The highest BCUT2D eigenvalue weighted by Crippen LogP contribution is 2.17. The van der Waals surface area contributed by atoms with Gasteiger partial charge in [-0.1, -0.05) is 15.9 Å². The van der Waals surface area contributed by atoms with Crippen molar-refractivity contribution >= 4 is 27.8 Å². The van der Waals surface area contributed by atoms with E-state index in [1.165, 1.54) is 11.0 Å². The Morgan fingerprint density at radius 3 is 2.50 bits per heavy atom. The van der Waals surface area contributed by atoms with Crippen molar-refractivity contribution in [3.05, 3.63) is 40.6 Å². The third-order valence-electron chi connectivity index (χ3n) is 4.07. The molecule has 2 heterocycles. The number of carboxylic acid groups (broad SMARTS) is 1. The Labute approximate surface area is 177 Å². The maximum Gasteiger partial charge on any atom is 0.490 e. The van der Waals surface area contributed by atoms with Crippen LogP contribution < -0.4 is 10.6 Å². The summed E-state index contributed by atoms with van der Waals surface area (Å²) in [4.78, 5) is 22.8. The van der Waals surface area contributed by atoms with Gasteiger partial charge in [0.1, 0.15) is 0 Å². The van der Waals surface area contributed by atoms with Crippen LogP contribution >= 0.6 is 15.9 Å². The number of nitrogens with zero attached hydrogens (tertiary/aromatic N) is 3. The van der Waals surface area contributed by atoms with Crippen LogP contribution in [0.5, 0.6) is 0 Å². The highest BCUT2D eigenvalue weighted by atomic mass is 79.9. The number of rotatable bonds is 5. The SMILES string of the molecule is COCC1(NC(=O)c2cnn(-c3ccc(Br)cc3)n2)CCNC1.O=C(O)C(F)(F)F. The molecule has 164 valence electrons. The zero-order valence-electron chi connectivity index (χ0n) is 15.7. The lowest BCUT2D eigenvalue weighted by molar-refractivity contribution is -0.192. The maximum absolute atomic E-state index is 12.5. The molecule has 1 saturated heterocycles.